The van der Waals surface area contributed by atoms with Crippen LogP contribution in [0.4, 0.5) is 0 Å². The largest absolute Gasteiger partial charge is 0.226 e. The molecule has 0 N–H and O–H groups in total. The molecule has 31 heavy (non-hydrogen) atoms. The van der Waals surface area contributed by atoms with E-state index in [-0.39, 0.29) is 0 Å². The van der Waals surface area contributed by atoms with Gasteiger partial charge in [-0.2, -0.15) is 0 Å². The highest BCUT2D eigenvalue weighted by molar-refractivity contribution is 8.19. The van der Waals surface area contributed by atoms with E-state index in [4.69, 9.17) is 0 Å². The fourth-order valence-electron chi connectivity index (χ4n) is 3.23. The van der Waals surface area contributed by atoms with Crippen LogP contribution in [0.25, 0.3) is 0 Å². The second-order valence-corrected chi connectivity index (χ2v) is 12.0. The highest BCUT2D eigenvalue weighted by Crippen LogP contribution is 2.50. The molecule has 2 atom stereocenters. The lowest BCUT2D eigenvalue weighted by molar-refractivity contribution is 0.592. The minimum absolute atomic E-state index is 0.725. The van der Waals surface area contributed by atoms with Gasteiger partial charge in [-0.15, -0.1) is 23.5 Å². The first-order chi connectivity index (χ1) is 15.1. The van der Waals surface area contributed by atoms with Crippen molar-refractivity contribution in [2.24, 2.45) is 0 Å². The Kier molecular flexibility index (Phi) is 7.17. The summed E-state index contributed by atoms with van der Waals surface area (Å²) in [5, 5.41) is 0. The maximum atomic E-state index is 14.2. The number of benzene rings is 4. The van der Waals surface area contributed by atoms with Gasteiger partial charge in [0.25, 0.3) is 0 Å². The van der Waals surface area contributed by atoms with Gasteiger partial charge in [0.05, 0.1) is 0 Å². The van der Waals surface area contributed by atoms with Gasteiger partial charge >= 0.3 is 0 Å². The van der Waals surface area contributed by atoms with Crippen molar-refractivity contribution in [3.8, 4) is 0 Å². The summed E-state index contributed by atoms with van der Waals surface area (Å²) in [6, 6.07) is 38.4. The number of rotatable bonds is 8. The molecule has 0 aliphatic carbocycles. The van der Waals surface area contributed by atoms with Gasteiger partial charge in [-0.05, 0) is 35.4 Å². The third-order valence-corrected chi connectivity index (χ3v) is 10.7. The van der Waals surface area contributed by atoms with E-state index in [0.717, 1.165) is 20.9 Å². The van der Waals surface area contributed by atoms with Crippen LogP contribution in [0.3, 0.4) is 0 Å². The van der Waals surface area contributed by atoms with Gasteiger partial charge in [0.1, 0.15) is 9.16 Å². The van der Waals surface area contributed by atoms with Crippen molar-refractivity contribution in [1.29, 1.82) is 0 Å². The summed E-state index contributed by atoms with van der Waals surface area (Å²) in [6.45, 7) is 0. The second kappa shape index (κ2) is 10.2. The molecule has 5 heteroatoms. The molecule has 0 aliphatic heterocycles. The minimum atomic E-state index is -3.64. The third-order valence-electron chi connectivity index (χ3n) is 4.71. The summed E-state index contributed by atoms with van der Waals surface area (Å²) in [5.41, 5.74) is 1.57. The Labute approximate surface area is 192 Å². The van der Waals surface area contributed by atoms with Crippen molar-refractivity contribution >= 4 is 33.4 Å². The maximum Gasteiger partial charge on any atom is 0.183 e. The quantitative estimate of drug-likeness (QED) is 0.256. The first kappa shape index (κ1) is 21.8. The van der Waals surface area contributed by atoms with Crippen molar-refractivity contribution in [2.45, 2.75) is 19.0 Å². The topological polar surface area (TPSA) is 34.1 Å². The molecule has 0 radical (unpaired) electrons. The molecule has 0 aromatic heterocycles. The molecule has 0 bridgehead atoms. The van der Waals surface area contributed by atoms with Crippen LogP contribution in [-0.2, 0) is 9.84 Å². The molecule has 2 unspecified atom stereocenters. The van der Waals surface area contributed by atoms with Gasteiger partial charge in [0, 0.05) is 9.79 Å². The number of sulfone groups is 1. The monoisotopic (exact) mass is 462 g/mol. The van der Waals surface area contributed by atoms with Crippen molar-refractivity contribution in [3.05, 3.63) is 132 Å². The lowest BCUT2D eigenvalue weighted by atomic mass is 10.2. The summed E-state index contributed by atoms with van der Waals surface area (Å²) in [7, 11) is -3.64. The van der Waals surface area contributed by atoms with E-state index in [0.29, 0.717) is 0 Å². The van der Waals surface area contributed by atoms with Gasteiger partial charge in [0.15, 0.2) is 9.84 Å². The Morgan fingerprint density at radius 1 is 0.452 bits per heavy atom. The van der Waals surface area contributed by atoms with E-state index in [1.165, 1.54) is 23.5 Å². The summed E-state index contributed by atoms with van der Waals surface area (Å²) < 4.78 is 26.9. The predicted octanol–water partition coefficient (Wildman–Crippen LogP) is 7.38. The highest BCUT2D eigenvalue weighted by Gasteiger charge is 2.37. The predicted molar refractivity (Wildman–Crippen MR) is 132 cm³/mol. The minimum Gasteiger partial charge on any atom is -0.226 e. The molecular formula is C26H22O2S3. The van der Waals surface area contributed by atoms with Crippen molar-refractivity contribution in [3.63, 3.8) is 0 Å². The van der Waals surface area contributed by atoms with Gasteiger partial charge in [0.2, 0.25) is 0 Å². The Morgan fingerprint density at radius 3 is 1.06 bits per heavy atom. The molecular weight excluding hydrogens is 440 g/mol. The first-order valence-corrected chi connectivity index (χ1v) is 13.3. The van der Waals surface area contributed by atoms with E-state index >= 15 is 0 Å². The van der Waals surface area contributed by atoms with E-state index in [1.807, 2.05) is 121 Å². The van der Waals surface area contributed by atoms with Crippen LogP contribution in [0.5, 0.6) is 0 Å². The Hall–Kier alpha value is -2.47. The van der Waals surface area contributed by atoms with E-state index in [2.05, 4.69) is 0 Å². The molecule has 0 amide bonds. The van der Waals surface area contributed by atoms with Crippen LogP contribution in [-0.4, -0.2) is 8.42 Å². The molecule has 0 aliphatic rings. The average Bonchev–Trinajstić information content (AvgIpc) is 2.83. The van der Waals surface area contributed by atoms with Crippen LogP contribution in [0.15, 0.2) is 131 Å². The SMILES string of the molecule is O=S(=O)(C(Sc1ccccc1)c1ccccc1)C(Sc1ccccc1)c1ccccc1. The van der Waals surface area contributed by atoms with Gasteiger partial charge in [-0.3, -0.25) is 0 Å². The Bertz CT molecular complexity index is 1090. The summed E-state index contributed by atoms with van der Waals surface area (Å²) >= 11 is 2.76. The zero-order chi connectivity index (χ0) is 21.5. The second-order valence-electron chi connectivity index (χ2n) is 6.94. The molecule has 0 saturated heterocycles. The maximum absolute atomic E-state index is 14.2. The van der Waals surface area contributed by atoms with E-state index < -0.39 is 19.0 Å². The number of hydrogen-bond donors (Lipinski definition) is 0. The molecule has 0 saturated carbocycles. The van der Waals surface area contributed by atoms with Crippen LogP contribution in [0, 0.1) is 0 Å². The zero-order valence-electron chi connectivity index (χ0n) is 16.7. The van der Waals surface area contributed by atoms with Crippen LogP contribution in [0.2, 0.25) is 0 Å². The number of hydrogen-bond acceptors (Lipinski definition) is 4. The lowest BCUT2D eigenvalue weighted by Crippen LogP contribution is -2.17. The third kappa shape index (κ3) is 5.42. The highest BCUT2D eigenvalue weighted by atomic mass is 32.3. The molecule has 0 heterocycles. The average molecular weight is 463 g/mol. The molecule has 0 fully saturated rings. The van der Waals surface area contributed by atoms with E-state index in [1.54, 1.807) is 0 Å². The normalized spacial score (nSPS) is 13.4. The van der Waals surface area contributed by atoms with Crippen molar-refractivity contribution in [2.75, 3.05) is 0 Å². The summed E-state index contributed by atoms with van der Waals surface area (Å²) in [6.07, 6.45) is 0. The Morgan fingerprint density at radius 2 is 0.742 bits per heavy atom. The molecule has 2 nitrogen and oxygen atoms in total. The lowest BCUT2D eigenvalue weighted by Gasteiger charge is -2.25. The fraction of sp³-hybridized carbons (Fsp3) is 0.0769. The van der Waals surface area contributed by atoms with Gasteiger partial charge in [-0.1, -0.05) is 97.1 Å². The van der Waals surface area contributed by atoms with Crippen molar-refractivity contribution in [1.82, 2.24) is 0 Å². The Balaban J connectivity index is 1.79. The first-order valence-electron chi connectivity index (χ1n) is 9.90. The van der Waals surface area contributed by atoms with Crippen LogP contribution in [0.1, 0.15) is 20.3 Å². The zero-order valence-corrected chi connectivity index (χ0v) is 19.2. The molecule has 4 aromatic rings. The van der Waals surface area contributed by atoms with Crippen LogP contribution < -0.4 is 0 Å². The molecule has 4 aromatic carbocycles. The van der Waals surface area contributed by atoms with E-state index in [9.17, 15) is 8.42 Å². The summed E-state index contributed by atoms with van der Waals surface area (Å²) in [5.74, 6) is 0. The number of thioether (sulfide) groups is 2. The standard InChI is InChI=1S/C26H22O2S3/c27-31(28,25(21-13-5-1-6-14-21)29-23-17-9-3-10-18-23)26(22-15-7-2-8-16-22)30-24-19-11-4-12-20-24/h1-20,25-26H. The summed E-state index contributed by atoms with van der Waals surface area (Å²) in [4.78, 5) is 1.85. The molecule has 156 valence electrons. The molecule has 0 spiro atoms. The fourth-order valence-corrected chi connectivity index (χ4v) is 8.85. The smallest absolute Gasteiger partial charge is 0.183 e. The van der Waals surface area contributed by atoms with Crippen LogP contribution >= 0.6 is 23.5 Å². The molecule has 4 rings (SSSR count). The van der Waals surface area contributed by atoms with Gasteiger partial charge in [-0.25, -0.2) is 8.42 Å². The van der Waals surface area contributed by atoms with Crippen molar-refractivity contribution < 1.29 is 8.42 Å². The van der Waals surface area contributed by atoms with Gasteiger partial charge < -0.3 is 0 Å².